The van der Waals surface area contributed by atoms with Crippen molar-refractivity contribution in [3.8, 4) is 0 Å². The molecule has 2 heterocycles. The second kappa shape index (κ2) is 2.37. The SMILES string of the molecule is O=C(O)c1cccc2cccn12. The van der Waals surface area contributed by atoms with E-state index in [-0.39, 0.29) is 5.69 Å². The van der Waals surface area contributed by atoms with Crippen molar-refractivity contribution >= 4 is 11.5 Å². The van der Waals surface area contributed by atoms with E-state index in [1.54, 1.807) is 22.7 Å². The number of aromatic nitrogens is 1. The lowest BCUT2D eigenvalue weighted by atomic mass is 10.3. The normalized spacial score (nSPS) is 10.3. The Hall–Kier alpha value is -1.77. The second-order valence-corrected chi connectivity index (χ2v) is 2.52. The highest BCUT2D eigenvalue weighted by atomic mass is 16.4. The molecule has 0 aliphatic carbocycles. The summed E-state index contributed by atoms with van der Waals surface area (Å²) < 4.78 is 1.64. The summed E-state index contributed by atoms with van der Waals surface area (Å²) in [5.41, 5.74) is 1.19. The third-order valence-electron chi connectivity index (χ3n) is 1.78. The Balaban J connectivity index is 2.82. The van der Waals surface area contributed by atoms with Crippen molar-refractivity contribution < 1.29 is 9.90 Å². The molecule has 0 aliphatic heterocycles. The first-order chi connectivity index (χ1) is 5.79. The number of nitrogens with zero attached hydrogens (tertiary/aromatic N) is 1. The van der Waals surface area contributed by atoms with Crippen LogP contribution in [0, 0.1) is 0 Å². The van der Waals surface area contributed by atoms with Gasteiger partial charge in [-0.2, -0.15) is 0 Å². The van der Waals surface area contributed by atoms with E-state index in [1.807, 2.05) is 18.2 Å². The van der Waals surface area contributed by atoms with E-state index in [2.05, 4.69) is 0 Å². The maximum absolute atomic E-state index is 10.7. The highest BCUT2D eigenvalue weighted by molar-refractivity contribution is 5.86. The monoisotopic (exact) mass is 161 g/mol. The summed E-state index contributed by atoms with van der Waals surface area (Å²) in [7, 11) is 0. The van der Waals surface area contributed by atoms with Gasteiger partial charge in [-0.15, -0.1) is 0 Å². The minimum absolute atomic E-state index is 0.289. The Morgan fingerprint density at radius 3 is 2.75 bits per heavy atom. The Kier molecular flexibility index (Phi) is 1.37. The van der Waals surface area contributed by atoms with Crippen LogP contribution in [0.3, 0.4) is 0 Å². The first kappa shape index (κ1) is 6.91. The van der Waals surface area contributed by atoms with Crippen molar-refractivity contribution in [2.24, 2.45) is 0 Å². The van der Waals surface area contributed by atoms with E-state index in [0.29, 0.717) is 0 Å². The average Bonchev–Trinajstić information content (AvgIpc) is 2.49. The van der Waals surface area contributed by atoms with Crippen molar-refractivity contribution in [3.63, 3.8) is 0 Å². The van der Waals surface area contributed by atoms with Gasteiger partial charge < -0.3 is 9.51 Å². The fraction of sp³-hybridized carbons (Fsp3) is 0. The number of carboxylic acid groups (broad SMARTS) is 1. The summed E-state index contributed by atoms with van der Waals surface area (Å²) in [6.07, 6.45) is 1.73. The molecule has 0 unspecified atom stereocenters. The number of hydrogen-bond donors (Lipinski definition) is 1. The van der Waals surface area contributed by atoms with Crippen molar-refractivity contribution in [3.05, 3.63) is 42.2 Å². The van der Waals surface area contributed by atoms with Crippen molar-refractivity contribution in [2.45, 2.75) is 0 Å². The highest BCUT2D eigenvalue weighted by Crippen LogP contribution is 2.07. The molecule has 0 aromatic carbocycles. The van der Waals surface area contributed by atoms with Crippen LogP contribution >= 0.6 is 0 Å². The fourth-order valence-corrected chi connectivity index (χ4v) is 1.24. The Labute approximate surface area is 68.9 Å². The number of pyridine rings is 1. The molecule has 0 fully saturated rings. The lowest BCUT2D eigenvalue weighted by molar-refractivity contribution is 0.0689. The quantitative estimate of drug-likeness (QED) is 0.690. The number of fused-ring (bicyclic) bond motifs is 1. The zero-order valence-corrected chi connectivity index (χ0v) is 6.27. The van der Waals surface area contributed by atoms with Gasteiger partial charge in [-0.1, -0.05) is 6.07 Å². The Bertz CT molecular complexity index is 431. The maximum atomic E-state index is 10.7. The summed E-state index contributed by atoms with van der Waals surface area (Å²) in [6, 6.07) is 8.87. The molecule has 3 heteroatoms. The molecule has 2 aromatic rings. The van der Waals surface area contributed by atoms with Crippen molar-refractivity contribution in [1.82, 2.24) is 4.40 Å². The third-order valence-corrected chi connectivity index (χ3v) is 1.78. The van der Waals surface area contributed by atoms with Gasteiger partial charge in [-0.25, -0.2) is 4.79 Å². The van der Waals surface area contributed by atoms with Gasteiger partial charge >= 0.3 is 5.97 Å². The van der Waals surface area contributed by atoms with E-state index in [0.717, 1.165) is 5.52 Å². The standard InChI is InChI=1S/C9H7NO2/c11-9(12)8-5-1-3-7-4-2-6-10(7)8/h1-6H,(H,11,12). The molecule has 12 heavy (non-hydrogen) atoms. The second-order valence-electron chi connectivity index (χ2n) is 2.52. The van der Waals surface area contributed by atoms with Crippen LogP contribution in [0.2, 0.25) is 0 Å². The minimum atomic E-state index is -0.906. The number of aromatic carboxylic acids is 1. The predicted octanol–water partition coefficient (Wildman–Crippen LogP) is 1.64. The van der Waals surface area contributed by atoms with E-state index in [4.69, 9.17) is 5.11 Å². The van der Waals surface area contributed by atoms with Gasteiger partial charge in [0.15, 0.2) is 0 Å². The van der Waals surface area contributed by atoms with Gasteiger partial charge in [0.1, 0.15) is 5.69 Å². The first-order valence-electron chi connectivity index (χ1n) is 3.58. The molecule has 0 radical (unpaired) electrons. The molecule has 0 atom stereocenters. The number of carbonyl (C=O) groups is 1. The topological polar surface area (TPSA) is 41.7 Å². The summed E-state index contributed by atoms with van der Waals surface area (Å²) >= 11 is 0. The molecule has 0 saturated carbocycles. The predicted molar refractivity (Wildman–Crippen MR) is 44.4 cm³/mol. The van der Waals surface area contributed by atoms with E-state index < -0.39 is 5.97 Å². The summed E-state index contributed by atoms with van der Waals surface area (Å²) in [5.74, 6) is -0.906. The van der Waals surface area contributed by atoms with Gasteiger partial charge in [0.25, 0.3) is 0 Å². The fourth-order valence-electron chi connectivity index (χ4n) is 1.24. The zero-order valence-electron chi connectivity index (χ0n) is 6.27. The highest BCUT2D eigenvalue weighted by Gasteiger charge is 2.05. The molecular formula is C9H7NO2. The number of carboxylic acids is 1. The van der Waals surface area contributed by atoms with Crippen LogP contribution in [0.4, 0.5) is 0 Å². The maximum Gasteiger partial charge on any atom is 0.352 e. The Morgan fingerprint density at radius 1 is 1.25 bits per heavy atom. The molecule has 2 rings (SSSR count). The van der Waals surface area contributed by atoms with Gasteiger partial charge in [-0.3, -0.25) is 0 Å². The number of hydrogen-bond acceptors (Lipinski definition) is 1. The minimum Gasteiger partial charge on any atom is -0.477 e. The van der Waals surface area contributed by atoms with Gasteiger partial charge in [0.2, 0.25) is 0 Å². The van der Waals surface area contributed by atoms with Crippen LogP contribution in [0.15, 0.2) is 36.5 Å². The van der Waals surface area contributed by atoms with Crippen LogP contribution in [0.5, 0.6) is 0 Å². The van der Waals surface area contributed by atoms with E-state index >= 15 is 0 Å². The third kappa shape index (κ3) is 0.871. The molecule has 3 nitrogen and oxygen atoms in total. The first-order valence-corrected chi connectivity index (χ1v) is 3.58. The van der Waals surface area contributed by atoms with Gasteiger partial charge in [0.05, 0.1) is 0 Å². The molecule has 0 bridgehead atoms. The lowest BCUT2D eigenvalue weighted by Crippen LogP contribution is -2.02. The lowest BCUT2D eigenvalue weighted by Gasteiger charge is -1.99. The van der Waals surface area contributed by atoms with E-state index in [1.165, 1.54) is 0 Å². The van der Waals surface area contributed by atoms with E-state index in [9.17, 15) is 4.79 Å². The van der Waals surface area contributed by atoms with Crippen molar-refractivity contribution in [2.75, 3.05) is 0 Å². The van der Waals surface area contributed by atoms with Gasteiger partial charge in [0, 0.05) is 11.7 Å². The molecule has 0 saturated heterocycles. The average molecular weight is 161 g/mol. The molecular weight excluding hydrogens is 154 g/mol. The zero-order chi connectivity index (χ0) is 8.55. The summed E-state index contributed by atoms with van der Waals surface area (Å²) in [4.78, 5) is 10.7. The smallest absolute Gasteiger partial charge is 0.352 e. The van der Waals surface area contributed by atoms with Crippen LogP contribution in [-0.2, 0) is 0 Å². The Morgan fingerprint density at radius 2 is 2.00 bits per heavy atom. The molecule has 0 amide bonds. The van der Waals surface area contributed by atoms with Crippen LogP contribution < -0.4 is 0 Å². The molecule has 2 aromatic heterocycles. The molecule has 1 N–H and O–H groups in total. The molecule has 0 aliphatic rings. The van der Waals surface area contributed by atoms with Crippen LogP contribution in [-0.4, -0.2) is 15.5 Å². The van der Waals surface area contributed by atoms with Gasteiger partial charge in [-0.05, 0) is 24.3 Å². The number of rotatable bonds is 1. The van der Waals surface area contributed by atoms with Crippen LogP contribution in [0.25, 0.3) is 5.52 Å². The summed E-state index contributed by atoms with van der Waals surface area (Å²) in [5, 5.41) is 8.78. The largest absolute Gasteiger partial charge is 0.477 e. The molecule has 0 spiro atoms. The van der Waals surface area contributed by atoms with Crippen LogP contribution in [0.1, 0.15) is 10.5 Å². The molecule has 60 valence electrons. The summed E-state index contributed by atoms with van der Waals surface area (Å²) in [6.45, 7) is 0. The van der Waals surface area contributed by atoms with Crippen molar-refractivity contribution in [1.29, 1.82) is 0 Å².